The van der Waals surface area contributed by atoms with Crippen LogP contribution in [0.2, 0.25) is 0 Å². The van der Waals surface area contributed by atoms with Crippen LogP contribution in [0.5, 0.6) is 5.75 Å². The number of amides is 2. The smallest absolute Gasteiger partial charge is 0.235 e. The van der Waals surface area contributed by atoms with Crippen LogP contribution in [-0.4, -0.2) is 34.9 Å². The number of carbonyl (C=O) groups is 2. The number of anilines is 2. The van der Waals surface area contributed by atoms with Crippen molar-refractivity contribution >= 4 is 35.1 Å². The number of nitrogens with one attached hydrogen (secondary N) is 2. The van der Waals surface area contributed by atoms with Crippen molar-refractivity contribution in [3.8, 4) is 5.75 Å². The van der Waals surface area contributed by atoms with Crippen molar-refractivity contribution in [2.75, 3.05) is 28.7 Å². The van der Waals surface area contributed by atoms with Crippen molar-refractivity contribution in [3.05, 3.63) is 48.7 Å². The Balaban J connectivity index is 1.74. The molecule has 6 nitrogen and oxygen atoms in total. The lowest BCUT2D eigenvalue weighted by molar-refractivity contribution is -0.114. The molecule has 0 saturated heterocycles. The van der Waals surface area contributed by atoms with Crippen LogP contribution < -0.4 is 15.4 Å². The zero-order valence-electron chi connectivity index (χ0n) is 13.3. The van der Waals surface area contributed by atoms with Gasteiger partial charge in [-0.2, -0.15) is 0 Å². The van der Waals surface area contributed by atoms with Crippen molar-refractivity contribution < 1.29 is 14.3 Å². The van der Waals surface area contributed by atoms with E-state index in [1.165, 1.54) is 11.8 Å². The monoisotopic (exact) mass is 345 g/mol. The highest BCUT2D eigenvalue weighted by Crippen LogP contribution is 2.23. The van der Waals surface area contributed by atoms with Gasteiger partial charge in [0.1, 0.15) is 11.6 Å². The quantitative estimate of drug-likeness (QED) is 0.769. The van der Waals surface area contributed by atoms with Gasteiger partial charge < -0.3 is 15.4 Å². The Hall–Kier alpha value is -2.54. The van der Waals surface area contributed by atoms with Gasteiger partial charge in [-0.05, 0) is 31.2 Å². The fourth-order valence-electron chi connectivity index (χ4n) is 1.89. The average Bonchev–Trinajstić information content (AvgIpc) is 2.58. The van der Waals surface area contributed by atoms with Gasteiger partial charge in [-0.3, -0.25) is 9.59 Å². The van der Waals surface area contributed by atoms with Crippen LogP contribution in [0, 0.1) is 0 Å². The zero-order valence-corrected chi connectivity index (χ0v) is 14.1. The number of rotatable bonds is 8. The molecular formula is C17H19N3O3S. The number of ether oxygens (including phenoxy) is 1. The van der Waals surface area contributed by atoms with Gasteiger partial charge in [0.2, 0.25) is 11.8 Å². The van der Waals surface area contributed by atoms with Crippen LogP contribution in [0.4, 0.5) is 11.5 Å². The number of benzene rings is 1. The standard InChI is InChI=1S/C17H19N3O3S/c1-2-23-14-8-4-3-7-13(14)19-16(21)11-24-12-17(22)20-15-9-5-6-10-18-15/h3-10H,2,11-12H2,1H3,(H,19,21)(H,18,20,22). The number of pyridine rings is 1. The largest absolute Gasteiger partial charge is 0.492 e. The van der Waals surface area contributed by atoms with Gasteiger partial charge in [-0.1, -0.05) is 18.2 Å². The molecule has 0 bridgehead atoms. The molecule has 0 aliphatic heterocycles. The van der Waals surface area contributed by atoms with Crippen LogP contribution in [0.1, 0.15) is 6.92 Å². The minimum absolute atomic E-state index is 0.177. The molecule has 0 fully saturated rings. The first kappa shape index (κ1) is 17.8. The SMILES string of the molecule is CCOc1ccccc1NC(=O)CSCC(=O)Nc1ccccn1. The van der Waals surface area contributed by atoms with E-state index in [-0.39, 0.29) is 23.3 Å². The summed E-state index contributed by atoms with van der Waals surface area (Å²) in [4.78, 5) is 27.8. The maximum Gasteiger partial charge on any atom is 0.235 e. The molecule has 0 radical (unpaired) electrons. The van der Waals surface area contributed by atoms with E-state index in [2.05, 4.69) is 15.6 Å². The van der Waals surface area contributed by atoms with E-state index in [0.29, 0.717) is 23.9 Å². The summed E-state index contributed by atoms with van der Waals surface area (Å²) in [5, 5.41) is 5.46. The maximum absolute atomic E-state index is 12.0. The van der Waals surface area contributed by atoms with E-state index in [1.807, 2.05) is 19.1 Å². The molecule has 126 valence electrons. The highest BCUT2D eigenvalue weighted by Gasteiger charge is 2.09. The van der Waals surface area contributed by atoms with E-state index in [9.17, 15) is 9.59 Å². The normalized spacial score (nSPS) is 10.0. The molecule has 0 aliphatic rings. The van der Waals surface area contributed by atoms with Gasteiger partial charge in [-0.15, -0.1) is 11.8 Å². The van der Waals surface area contributed by atoms with Crippen LogP contribution in [0.25, 0.3) is 0 Å². The Morgan fingerprint density at radius 1 is 1.04 bits per heavy atom. The number of thioether (sulfide) groups is 1. The molecule has 24 heavy (non-hydrogen) atoms. The van der Waals surface area contributed by atoms with Crippen LogP contribution >= 0.6 is 11.8 Å². The Bertz CT molecular complexity index is 680. The zero-order chi connectivity index (χ0) is 17.2. The summed E-state index contributed by atoms with van der Waals surface area (Å²) in [5.74, 6) is 1.11. The van der Waals surface area contributed by atoms with Crippen molar-refractivity contribution in [1.82, 2.24) is 4.98 Å². The third kappa shape index (κ3) is 5.92. The van der Waals surface area contributed by atoms with Gasteiger partial charge in [0.25, 0.3) is 0 Å². The van der Waals surface area contributed by atoms with Gasteiger partial charge >= 0.3 is 0 Å². The van der Waals surface area contributed by atoms with E-state index in [1.54, 1.807) is 36.5 Å². The van der Waals surface area contributed by atoms with Gasteiger partial charge in [0.05, 0.1) is 23.8 Å². The predicted octanol–water partition coefficient (Wildman–Crippen LogP) is 2.79. The lowest BCUT2D eigenvalue weighted by Crippen LogP contribution is -2.19. The highest BCUT2D eigenvalue weighted by atomic mass is 32.2. The predicted molar refractivity (Wildman–Crippen MR) is 96.4 cm³/mol. The number of hydrogen-bond acceptors (Lipinski definition) is 5. The van der Waals surface area contributed by atoms with Gasteiger partial charge in [0.15, 0.2) is 0 Å². The molecule has 0 spiro atoms. The average molecular weight is 345 g/mol. The Morgan fingerprint density at radius 2 is 1.75 bits per heavy atom. The summed E-state index contributed by atoms with van der Waals surface area (Å²) >= 11 is 1.23. The minimum Gasteiger partial charge on any atom is -0.492 e. The number of carbonyl (C=O) groups excluding carboxylic acids is 2. The molecule has 2 amide bonds. The molecule has 0 unspecified atom stereocenters. The summed E-state index contributed by atoms with van der Waals surface area (Å²) in [5.41, 5.74) is 0.628. The second kappa shape index (κ2) is 9.57. The molecule has 2 aromatic rings. The fourth-order valence-corrected chi connectivity index (χ4v) is 2.51. The summed E-state index contributed by atoms with van der Waals surface area (Å²) in [6.07, 6.45) is 1.60. The van der Waals surface area contributed by atoms with E-state index >= 15 is 0 Å². The summed E-state index contributed by atoms with van der Waals surface area (Å²) in [7, 11) is 0. The lowest BCUT2D eigenvalue weighted by Gasteiger charge is -2.11. The number of hydrogen-bond donors (Lipinski definition) is 2. The number of aromatic nitrogens is 1. The third-order valence-electron chi connectivity index (χ3n) is 2.86. The molecular weight excluding hydrogens is 326 g/mol. The van der Waals surface area contributed by atoms with Crippen LogP contribution in [-0.2, 0) is 9.59 Å². The highest BCUT2D eigenvalue weighted by molar-refractivity contribution is 8.00. The molecule has 2 rings (SSSR count). The summed E-state index contributed by atoms with van der Waals surface area (Å²) < 4.78 is 5.45. The maximum atomic E-state index is 12.0. The molecule has 0 saturated carbocycles. The molecule has 2 N–H and O–H groups in total. The van der Waals surface area contributed by atoms with E-state index < -0.39 is 0 Å². The van der Waals surface area contributed by atoms with E-state index in [4.69, 9.17) is 4.74 Å². The fraction of sp³-hybridized carbons (Fsp3) is 0.235. The second-order valence-electron chi connectivity index (χ2n) is 4.73. The molecule has 0 atom stereocenters. The van der Waals surface area contributed by atoms with E-state index in [0.717, 1.165) is 0 Å². The molecule has 7 heteroatoms. The third-order valence-corrected chi connectivity index (χ3v) is 3.79. The first-order valence-electron chi connectivity index (χ1n) is 7.49. The first-order valence-corrected chi connectivity index (χ1v) is 8.65. The number of para-hydroxylation sites is 2. The molecule has 1 aromatic heterocycles. The number of nitrogens with zero attached hydrogens (tertiary/aromatic N) is 1. The summed E-state index contributed by atoms with van der Waals surface area (Å²) in [6.45, 7) is 2.41. The van der Waals surface area contributed by atoms with Crippen LogP contribution in [0.15, 0.2) is 48.7 Å². The van der Waals surface area contributed by atoms with Gasteiger partial charge in [-0.25, -0.2) is 4.98 Å². The second-order valence-corrected chi connectivity index (χ2v) is 5.72. The van der Waals surface area contributed by atoms with Crippen molar-refractivity contribution in [2.24, 2.45) is 0 Å². The molecule has 1 aromatic carbocycles. The van der Waals surface area contributed by atoms with Gasteiger partial charge in [0, 0.05) is 6.20 Å². The van der Waals surface area contributed by atoms with Crippen molar-refractivity contribution in [2.45, 2.75) is 6.92 Å². The van der Waals surface area contributed by atoms with Crippen molar-refractivity contribution in [3.63, 3.8) is 0 Å². The summed E-state index contributed by atoms with van der Waals surface area (Å²) in [6, 6.07) is 12.5. The Labute approximate surface area is 145 Å². The first-order chi connectivity index (χ1) is 11.7. The lowest BCUT2D eigenvalue weighted by atomic mass is 10.3. The Kier molecular flexibility index (Phi) is 7.10. The van der Waals surface area contributed by atoms with Crippen molar-refractivity contribution in [1.29, 1.82) is 0 Å². The van der Waals surface area contributed by atoms with Crippen LogP contribution in [0.3, 0.4) is 0 Å². The molecule has 0 aliphatic carbocycles. The topological polar surface area (TPSA) is 80.3 Å². The minimum atomic E-state index is -0.193. The molecule has 1 heterocycles. The Morgan fingerprint density at radius 3 is 2.46 bits per heavy atom.